The van der Waals surface area contributed by atoms with E-state index in [0.29, 0.717) is 5.41 Å². The summed E-state index contributed by atoms with van der Waals surface area (Å²) < 4.78 is 0. The fourth-order valence-electron chi connectivity index (χ4n) is 5.63. The van der Waals surface area contributed by atoms with E-state index in [1.807, 2.05) is 0 Å². The van der Waals surface area contributed by atoms with E-state index in [-0.39, 0.29) is 0 Å². The Morgan fingerprint density at radius 2 is 1.96 bits per heavy atom. The van der Waals surface area contributed by atoms with Crippen LogP contribution in [0.15, 0.2) is 42.0 Å². The first-order valence-corrected chi connectivity index (χ1v) is 9.48. The molecule has 3 aliphatic carbocycles. The van der Waals surface area contributed by atoms with Gasteiger partial charge in [-0.3, -0.25) is 0 Å². The largest absolute Gasteiger partial charge is 0.0850 e. The summed E-state index contributed by atoms with van der Waals surface area (Å²) in [5.74, 6) is 0.952. The Morgan fingerprint density at radius 3 is 2.74 bits per heavy atom. The number of hydrogen-bond donors (Lipinski definition) is 0. The first-order chi connectivity index (χ1) is 11.3. The van der Waals surface area contributed by atoms with Crippen LogP contribution in [0.1, 0.15) is 55.7 Å². The molecule has 0 aromatic heterocycles. The predicted molar refractivity (Wildman–Crippen MR) is 97.8 cm³/mol. The third kappa shape index (κ3) is 2.11. The lowest BCUT2D eigenvalue weighted by Gasteiger charge is -2.40. The molecule has 5 rings (SSSR count). The first-order valence-electron chi connectivity index (χ1n) is 9.48. The third-order valence-electron chi connectivity index (χ3n) is 6.84. The van der Waals surface area contributed by atoms with Crippen LogP contribution in [0.4, 0.5) is 0 Å². The number of fused-ring (bicyclic) bond motifs is 5. The van der Waals surface area contributed by atoms with Gasteiger partial charge in [0.1, 0.15) is 0 Å². The van der Waals surface area contributed by atoms with Crippen LogP contribution >= 0.6 is 0 Å². The van der Waals surface area contributed by atoms with E-state index in [1.54, 1.807) is 16.7 Å². The molecule has 2 atom stereocenters. The zero-order valence-electron chi connectivity index (χ0n) is 14.2. The summed E-state index contributed by atoms with van der Waals surface area (Å²) in [5, 5.41) is 2.91. The van der Waals surface area contributed by atoms with Crippen molar-refractivity contribution in [1.82, 2.24) is 0 Å². The molecule has 0 aliphatic heterocycles. The molecule has 3 aliphatic rings. The van der Waals surface area contributed by atoms with Crippen LogP contribution in [-0.2, 0) is 19.3 Å². The Labute approximate surface area is 139 Å². The highest BCUT2D eigenvalue weighted by atomic mass is 14.5. The molecule has 0 heteroatoms. The van der Waals surface area contributed by atoms with Crippen molar-refractivity contribution in [3.63, 3.8) is 0 Å². The second-order valence-corrected chi connectivity index (χ2v) is 8.27. The molecule has 2 aromatic carbocycles. The molecule has 1 saturated carbocycles. The van der Waals surface area contributed by atoms with Crippen LogP contribution in [0.2, 0.25) is 0 Å². The highest BCUT2D eigenvalue weighted by Crippen LogP contribution is 2.58. The monoisotopic (exact) mass is 302 g/mol. The minimum Gasteiger partial charge on any atom is -0.0850 e. The van der Waals surface area contributed by atoms with Gasteiger partial charge in [-0.15, -0.1) is 0 Å². The number of benzene rings is 2. The topological polar surface area (TPSA) is 0 Å². The van der Waals surface area contributed by atoms with Crippen molar-refractivity contribution in [2.24, 2.45) is 11.3 Å². The Balaban J connectivity index is 1.53. The normalized spacial score (nSPS) is 28.4. The van der Waals surface area contributed by atoms with Gasteiger partial charge >= 0.3 is 0 Å². The summed E-state index contributed by atoms with van der Waals surface area (Å²) in [6.07, 6.45) is 13.2. The number of allylic oxidation sites excluding steroid dienone is 2. The van der Waals surface area contributed by atoms with Gasteiger partial charge in [-0.25, -0.2) is 0 Å². The van der Waals surface area contributed by atoms with Crippen LogP contribution < -0.4 is 0 Å². The summed E-state index contributed by atoms with van der Waals surface area (Å²) in [6.45, 7) is 2.27. The molecule has 118 valence electrons. The summed E-state index contributed by atoms with van der Waals surface area (Å²) in [6, 6.07) is 12.1. The van der Waals surface area contributed by atoms with E-state index in [9.17, 15) is 0 Å². The maximum atomic E-state index is 2.53. The van der Waals surface area contributed by atoms with Crippen LogP contribution in [0.5, 0.6) is 0 Å². The lowest BCUT2D eigenvalue weighted by molar-refractivity contribution is 0.169. The van der Waals surface area contributed by atoms with Crippen LogP contribution in [-0.4, -0.2) is 0 Å². The van der Waals surface area contributed by atoms with Gasteiger partial charge in [0.25, 0.3) is 0 Å². The predicted octanol–water partition coefficient (Wildman–Crippen LogP) is 6.01. The summed E-state index contributed by atoms with van der Waals surface area (Å²) in [4.78, 5) is 0. The van der Waals surface area contributed by atoms with Gasteiger partial charge in [0.15, 0.2) is 0 Å². The van der Waals surface area contributed by atoms with E-state index in [4.69, 9.17) is 0 Å². The summed E-state index contributed by atoms with van der Waals surface area (Å²) in [7, 11) is 0. The fraction of sp³-hybridized carbons (Fsp3) is 0.478. The summed E-state index contributed by atoms with van der Waals surface area (Å²) >= 11 is 0. The van der Waals surface area contributed by atoms with Gasteiger partial charge in [0.2, 0.25) is 0 Å². The van der Waals surface area contributed by atoms with Crippen molar-refractivity contribution in [1.29, 1.82) is 0 Å². The zero-order chi connectivity index (χ0) is 15.4. The molecule has 23 heavy (non-hydrogen) atoms. The van der Waals surface area contributed by atoms with Gasteiger partial charge in [-0.1, -0.05) is 55.3 Å². The zero-order valence-corrected chi connectivity index (χ0v) is 14.2. The molecule has 2 aromatic rings. The molecular formula is C23H26. The van der Waals surface area contributed by atoms with Crippen molar-refractivity contribution < 1.29 is 0 Å². The van der Waals surface area contributed by atoms with Gasteiger partial charge in [0.05, 0.1) is 0 Å². The first kappa shape index (κ1) is 13.8. The van der Waals surface area contributed by atoms with E-state index in [2.05, 4.69) is 43.3 Å². The Bertz CT molecular complexity index is 810. The van der Waals surface area contributed by atoms with Crippen molar-refractivity contribution in [3.8, 4) is 0 Å². The average Bonchev–Trinajstić information content (AvgIpc) is 3.14. The Kier molecular flexibility index (Phi) is 2.99. The number of aryl methyl sites for hydroxylation is 2. The van der Waals surface area contributed by atoms with Gasteiger partial charge in [-0.05, 0) is 83.7 Å². The maximum Gasteiger partial charge on any atom is -0.0178 e. The molecule has 0 heterocycles. The minimum atomic E-state index is 0.618. The van der Waals surface area contributed by atoms with Gasteiger partial charge in [-0.2, -0.15) is 0 Å². The second kappa shape index (κ2) is 4.97. The van der Waals surface area contributed by atoms with E-state index < -0.39 is 0 Å². The molecule has 1 fully saturated rings. The van der Waals surface area contributed by atoms with Gasteiger partial charge in [0, 0.05) is 0 Å². The van der Waals surface area contributed by atoms with Crippen LogP contribution in [0, 0.1) is 11.3 Å². The SMILES string of the molecule is CCCc1ccc2cc3c(cc2c1)CCC1(CC2=CCC1C2)C3. The fourth-order valence-corrected chi connectivity index (χ4v) is 5.63. The molecule has 0 amide bonds. The lowest BCUT2D eigenvalue weighted by atomic mass is 9.64. The quantitative estimate of drug-likeness (QED) is 0.596. The highest BCUT2D eigenvalue weighted by molar-refractivity contribution is 5.85. The molecule has 0 nitrogen and oxygen atoms in total. The van der Waals surface area contributed by atoms with E-state index >= 15 is 0 Å². The Morgan fingerprint density at radius 1 is 1.04 bits per heavy atom. The molecule has 0 saturated heterocycles. The average molecular weight is 302 g/mol. The van der Waals surface area contributed by atoms with Crippen LogP contribution in [0.25, 0.3) is 10.8 Å². The van der Waals surface area contributed by atoms with Gasteiger partial charge < -0.3 is 0 Å². The van der Waals surface area contributed by atoms with Crippen molar-refractivity contribution >= 4 is 10.8 Å². The molecule has 0 radical (unpaired) electrons. The van der Waals surface area contributed by atoms with Crippen molar-refractivity contribution in [2.45, 2.75) is 58.3 Å². The standard InChI is InChI=1S/C23H26/c1-2-3-16-4-6-18-13-21-15-23(14-17-5-7-22(23)11-17)9-8-19(21)12-20(18)10-16/h4-6,10,12-13,22H,2-3,7-9,11,14-15H2,1H3. The third-order valence-corrected chi connectivity index (χ3v) is 6.84. The van der Waals surface area contributed by atoms with Crippen molar-refractivity contribution in [2.75, 3.05) is 0 Å². The second-order valence-electron chi connectivity index (χ2n) is 8.27. The molecule has 2 bridgehead atoms. The van der Waals surface area contributed by atoms with Crippen LogP contribution in [0.3, 0.4) is 0 Å². The minimum absolute atomic E-state index is 0.618. The summed E-state index contributed by atoms with van der Waals surface area (Å²) in [5.41, 5.74) is 7.16. The number of rotatable bonds is 2. The Hall–Kier alpha value is -1.56. The van der Waals surface area contributed by atoms with E-state index in [0.717, 1.165) is 5.92 Å². The lowest BCUT2D eigenvalue weighted by Crippen LogP contribution is -2.33. The van der Waals surface area contributed by atoms with Crippen molar-refractivity contribution in [3.05, 3.63) is 58.7 Å². The molecule has 0 N–H and O–H groups in total. The maximum absolute atomic E-state index is 2.53. The molecule has 2 unspecified atom stereocenters. The highest BCUT2D eigenvalue weighted by Gasteiger charge is 2.48. The smallest absolute Gasteiger partial charge is 0.0178 e. The molecule has 1 spiro atoms. The number of hydrogen-bond acceptors (Lipinski definition) is 0. The van der Waals surface area contributed by atoms with E-state index in [1.165, 1.54) is 67.7 Å². The molecular weight excluding hydrogens is 276 g/mol.